The number of aliphatic hydroxyl groups excluding tert-OH is 1. The SMILES string of the molecule is Cc1cc(C(=O)NCCCOCCO)sc1-c1ccc(F)cc1. The lowest BCUT2D eigenvalue weighted by atomic mass is 10.1. The number of halogens is 1. The molecule has 124 valence electrons. The van der Waals surface area contributed by atoms with Crippen molar-refractivity contribution in [1.82, 2.24) is 5.32 Å². The number of aliphatic hydroxyl groups is 1. The molecule has 0 fully saturated rings. The van der Waals surface area contributed by atoms with Crippen LogP contribution in [0.4, 0.5) is 4.39 Å². The molecule has 0 spiro atoms. The van der Waals surface area contributed by atoms with Crippen molar-refractivity contribution in [2.24, 2.45) is 0 Å². The highest BCUT2D eigenvalue weighted by Crippen LogP contribution is 2.32. The monoisotopic (exact) mass is 337 g/mol. The number of carbonyl (C=O) groups excluding carboxylic acids is 1. The van der Waals surface area contributed by atoms with Crippen LogP contribution in [0.3, 0.4) is 0 Å². The van der Waals surface area contributed by atoms with E-state index in [-0.39, 0.29) is 18.3 Å². The van der Waals surface area contributed by atoms with Gasteiger partial charge >= 0.3 is 0 Å². The van der Waals surface area contributed by atoms with E-state index in [0.29, 0.717) is 31.1 Å². The minimum absolute atomic E-state index is 0.00694. The molecule has 0 unspecified atom stereocenters. The molecule has 0 bridgehead atoms. The summed E-state index contributed by atoms with van der Waals surface area (Å²) in [7, 11) is 0. The largest absolute Gasteiger partial charge is 0.394 e. The molecule has 2 N–H and O–H groups in total. The van der Waals surface area contributed by atoms with Gasteiger partial charge in [-0.2, -0.15) is 0 Å². The minimum Gasteiger partial charge on any atom is -0.394 e. The van der Waals surface area contributed by atoms with Crippen LogP contribution in [-0.2, 0) is 4.74 Å². The maximum absolute atomic E-state index is 13.0. The van der Waals surface area contributed by atoms with Crippen LogP contribution in [-0.4, -0.2) is 37.4 Å². The molecule has 2 aromatic rings. The van der Waals surface area contributed by atoms with Gasteiger partial charge < -0.3 is 15.2 Å². The number of hydrogen-bond donors (Lipinski definition) is 2. The van der Waals surface area contributed by atoms with Gasteiger partial charge in [-0.25, -0.2) is 4.39 Å². The molecule has 1 amide bonds. The number of benzene rings is 1. The second-order valence-electron chi connectivity index (χ2n) is 5.08. The Hall–Kier alpha value is -1.76. The van der Waals surface area contributed by atoms with E-state index in [1.54, 1.807) is 12.1 Å². The van der Waals surface area contributed by atoms with E-state index in [2.05, 4.69) is 5.32 Å². The van der Waals surface area contributed by atoms with E-state index < -0.39 is 0 Å². The van der Waals surface area contributed by atoms with Crippen LogP contribution in [0.25, 0.3) is 10.4 Å². The highest BCUT2D eigenvalue weighted by molar-refractivity contribution is 7.17. The van der Waals surface area contributed by atoms with Crippen molar-refractivity contribution in [1.29, 1.82) is 0 Å². The van der Waals surface area contributed by atoms with Crippen molar-refractivity contribution >= 4 is 17.2 Å². The summed E-state index contributed by atoms with van der Waals surface area (Å²) in [5, 5.41) is 11.4. The highest BCUT2D eigenvalue weighted by Gasteiger charge is 2.13. The molecule has 0 saturated carbocycles. The molecule has 6 heteroatoms. The molecular formula is C17H20FNO3S. The first-order chi connectivity index (χ1) is 11.1. The Morgan fingerprint density at radius 3 is 2.74 bits per heavy atom. The normalized spacial score (nSPS) is 10.7. The third-order valence-corrected chi connectivity index (χ3v) is 4.52. The first kappa shape index (κ1) is 17.6. The van der Waals surface area contributed by atoms with Gasteiger partial charge in [0.15, 0.2) is 0 Å². The molecule has 1 aromatic heterocycles. The quantitative estimate of drug-likeness (QED) is 0.728. The van der Waals surface area contributed by atoms with Gasteiger partial charge in [0.05, 0.1) is 18.1 Å². The van der Waals surface area contributed by atoms with Crippen LogP contribution in [0, 0.1) is 12.7 Å². The van der Waals surface area contributed by atoms with Crippen molar-refractivity contribution < 1.29 is 19.0 Å². The lowest BCUT2D eigenvalue weighted by Crippen LogP contribution is -2.24. The molecular weight excluding hydrogens is 317 g/mol. The molecule has 0 aliphatic heterocycles. The van der Waals surface area contributed by atoms with Crippen molar-refractivity contribution in [3.8, 4) is 10.4 Å². The molecule has 0 atom stereocenters. The summed E-state index contributed by atoms with van der Waals surface area (Å²) in [6, 6.07) is 8.12. The number of thiophene rings is 1. The molecule has 2 rings (SSSR count). The van der Waals surface area contributed by atoms with Crippen molar-refractivity contribution in [3.05, 3.63) is 46.6 Å². The zero-order chi connectivity index (χ0) is 16.7. The minimum atomic E-state index is -0.274. The predicted octanol–water partition coefficient (Wildman–Crippen LogP) is 2.99. The summed E-state index contributed by atoms with van der Waals surface area (Å²) in [6.07, 6.45) is 0.695. The lowest BCUT2D eigenvalue weighted by molar-refractivity contribution is 0.0869. The fourth-order valence-electron chi connectivity index (χ4n) is 2.11. The molecule has 0 radical (unpaired) electrons. The van der Waals surface area contributed by atoms with E-state index in [4.69, 9.17) is 9.84 Å². The summed E-state index contributed by atoms with van der Waals surface area (Å²) >= 11 is 1.40. The summed E-state index contributed by atoms with van der Waals surface area (Å²) in [5.74, 6) is -0.391. The molecule has 4 nitrogen and oxygen atoms in total. The predicted molar refractivity (Wildman–Crippen MR) is 89.3 cm³/mol. The van der Waals surface area contributed by atoms with Gasteiger partial charge in [0.2, 0.25) is 0 Å². The van der Waals surface area contributed by atoms with Crippen LogP contribution in [0.5, 0.6) is 0 Å². The van der Waals surface area contributed by atoms with E-state index in [1.165, 1.54) is 23.5 Å². The number of rotatable bonds is 8. The number of nitrogens with one attached hydrogen (secondary N) is 1. The second kappa shape index (κ2) is 8.76. The average molecular weight is 337 g/mol. The standard InChI is InChI=1S/C17H20FNO3S/c1-12-11-15(17(21)19-7-2-9-22-10-8-20)23-16(12)13-3-5-14(18)6-4-13/h3-6,11,20H,2,7-10H2,1H3,(H,19,21). The van der Waals surface area contributed by atoms with Crippen molar-refractivity contribution in [2.45, 2.75) is 13.3 Å². The third kappa shape index (κ3) is 5.13. The van der Waals surface area contributed by atoms with Gasteiger partial charge in [0.1, 0.15) is 5.82 Å². The summed E-state index contributed by atoms with van der Waals surface area (Å²) in [4.78, 5) is 13.8. The molecule has 1 aromatic carbocycles. The Balaban J connectivity index is 1.92. The smallest absolute Gasteiger partial charge is 0.261 e. The van der Waals surface area contributed by atoms with Crippen molar-refractivity contribution in [2.75, 3.05) is 26.4 Å². The molecule has 0 aliphatic rings. The Kier molecular flexibility index (Phi) is 6.70. The zero-order valence-electron chi connectivity index (χ0n) is 13.0. The first-order valence-electron chi connectivity index (χ1n) is 7.45. The molecule has 1 heterocycles. The van der Waals surface area contributed by atoms with E-state index >= 15 is 0 Å². The first-order valence-corrected chi connectivity index (χ1v) is 8.26. The summed E-state index contributed by atoms with van der Waals surface area (Å²) < 4.78 is 18.1. The summed E-state index contributed by atoms with van der Waals surface area (Å²) in [5.41, 5.74) is 1.91. The van der Waals surface area contributed by atoms with Crippen molar-refractivity contribution in [3.63, 3.8) is 0 Å². The Morgan fingerprint density at radius 2 is 2.04 bits per heavy atom. The van der Waals surface area contributed by atoms with E-state index in [0.717, 1.165) is 16.0 Å². The number of amides is 1. The second-order valence-corrected chi connectivity index (χ2v) is 6.13. The van der Waals surface area contributed by atoms with Gasteiger partial charge in [-0.05, 0) is 42.7 Å². The molecule has 23 heavy (non-hydrogen) atoms. The number of aryl methyl sites for hydroxylation is 1. The van der Waals surface area contributed by atoms with Gasteiger partial charge in [0, 0.05) is 18.0 Å². The van der Waals surface area contributed by atoms with E-state index in [1.807, 2.05) is 13.0 Å². The number of hydrogen-bond acceptors (Lipinski definition) is 4. The highest BCUT2D eigenvalue weighted by atomic mass is 32.1. The fraction of sp³-hybridized carbons (Fsp3) is 0.353. The van der Waals surface area contributed by atoms with Crippen LogP contribution in [0.1, 0.15) is 21.7 Å². The maximum Gasteiger partial charge on any atom is 0.261 e. The van der Waals surface area contributed by atoms with E-state index in [9.17, 15) is 9.18 Å². The topological polar surface area (TPSA) is 58.6 Å². The lowest BCUT2D eigenvalue weighted by Gasteiger charge is -2.04. The van der Waals surface area contributed by atoms with Crippen LogP contribution in [0.2, 0.25) is 0 Å². The number of carbonyl (C=O) groups is 1. The van der Waals surface area contributed by atoms with Gasteiger partial charge in [-0.3, -0.25) is 4.79 Å². The third-order valence-electron chi connectivity index (χ3n) is 3.23. The Morgan fingerprint density at radius 1 is 1.30 bits per heavy atom. The van der Waals surface area contributed by atoms with Crippen LogP contribution in [0.15, 0.2) is 30.3 Å². The maximum atomic E-state index is 13.0. The summed E-state index contributed by atoms with van der Waals surface area (Å²) in [6.45, 7) is 3.29. The Bertz CT molecular complexity index is 640. The van der Waals surface area contributed by atoms with Crippen LogP contribution >= 0.6 is 11.3 Å². The number of ether oxygens (including phenoxy) is 1. The van der Waals surface area contributed by atoms with Crippen LogP contribution < -0.4 is 5.32 Å². The molecule has 0 aliphatic carbocycles. The van der Waals surface area contributed by atoms with Gasteiger partial charge in [-0.15, -0.1) is 11.3 Å². The van der Waals surface area contributed by atoms with Gasteiger partial charge in [0.25, 0.3) is 5.91 Å². The fourth-order valence-corrected chi connectivity index (χ4v) is 3.21. The Labute approximate surface area is 138 Å². The zero-order valence-corrected chi connectivity index (χ0v) is 13.8. The average Bonchev–Trinajstić information content (AvgIpc) is 2.93. The molecule has 0 saturated heterocycles. The van der Waals surface area contributed by atoms with Gasteiger partial charge in [-0.1, -0.05) is 12.1 Å².